The summed E-state index contributed by atoms with van der Waals surface area (Å²) >= 11 is 0. The lowest BCUT2D eigenvalue weighted by Gasteiger charge is -1.93. The van der Waals surface area contributed by atoms with Gasteiger partial charge in [0.05, 0.1) is 0 Å². The number of carbonyl (C=O) groups excluding carboxylic acids is 1. The zero-order valence-corrected chi connectivity index (χ0v) is 7.65. The third-order valence-electron chi connectivity index (χ3n) is 1.97. The topological polar surface area (TPSA) is 82.0 Å². The maximum Gasteiger partial charge on any atom is 0.273 e. The van der Waals surface area contributed by atoms with E-state index in [1.165, 1.54) is 0 Å². The summed E-state index contributed by atoms with van der Waals surface area (Å²) in [5.41, 5.74) is 7.01. The predicted molar refractivity (Wildman–Crippen MR) is 49.7 cm³/mol. The van der Waals surface area contributed by atoms with Crippen molar-refractivity contribution in [3.8, 4) is 0 Å². The lowest BCUT2D eigenvalue weighted by molar-refractivity contribution is 0.0993. The fourth-order valence-electron chi connectivity index (χ4n) is 1.23. The standard InChI is InChI=1S/C9H9N3O2/c1-2-5-3-4-6-7(11-5)8(9(10)13)12-14-6/h3-4H,2H2,1H3,(H2,10,13). The van der Waals surface area contributed by atoms with Crippen LogP contribution in [-0.4, -0.2) is 16.0 Å². The van der Waals surface area contributed by atoms with Crippen LogP contribution in [0.15, 0.2) is 16.7 Å². The van der Waals surface area contributed by atoms with E-state index < -0.39 is 5.91 Å². The van der Waals surface area contributed by atoms with E-state index in [1.807, 2.05) is 13.0 Å². The molecule has 72 valence electrons. The Balaban J connectivity index is 2.69. The molecule has 2 N–H and O–H groups in total. The molecule has 5 heteroatoms. The molecule has 2 aromatic heterocycles. The molecule has 0 unspecified atom stereocenters. The minimum absolute atomic E-state index is 0.0929. The largest absolute Gasteiger partial charge is 0.364 e. The molecule has 0 fully saturated rings. The highest BCUT2D eigenvalue weighted by atomic mass is 16.5. The van der Waals surface area contributed by atoms with Crippen LogP contribution >= 0.6 is 0 Å². The molecule has 14 heavy (non-hydrogen) atoms. The molecule has 0 aliphatic carbocycles. The summed E-state index contributed by atoms with van der Waals surface area (Å²) in [6.07, 6.45) is 0.791. The van der Waals surface area contributed by atoms with Gasteiger partial charge in [-0.15, -0.1) is 0 Å². The highest BCUT2D eigenvalue weighted by Crippen LogP contribution is 2.16. The van der Waals surface area contributed by atoms with E-state index in [9.17, 15) is 4.79 Å². The summed E-state index contributed by atoms with van der Waals surface area (Å²) in [4.78, 5) is 15.2. The van der Waals surface area contributed by atoms with Crippen LogP contribution in [0, 0.1) is 0 Å². The number of fused-ring (bicyclic) bond motifs is 1. The Labute approximate surface area is 79.9 Å². The third-order valence-corrected chi connectivity index (χ3v) is 1.97. The Morgan fingerprint density at radius 3 is 3.00 bits per heavy atom. The van der Waals surface area contributed by atoms with Crippen molar-refractivity contribution in [2.45, 2.75) is 13.3 Å². The summed E-state index contributed by atoms with van der Waals surface area (Å²) in [7, 11) is 0. The summed E-state index contributed by atoms with van der Waals surface area (Å²) < 4.78 is 4.90. The first-order valence-corrected chi connectivity index (χ1v) is 4.27. The maximum absolute atomic E-state index is 10.9. The zero-order chi connectivity index (χ0) is 10.1. The van der Waals surface area contributed by atoms with Crippen molar-refractivity contribution in [1.29, 1.82) is 0 Å². The van der Waals surface area contributed by atoms with Crippen LogP contribution in [0.25, 0.3) is 11.1 Å². The van der Waals surface area contributed by atoms with Crippen LogP contribution in [0.5, 0.6) is 0 Å². The molecule has 2 aromatic rings. The summed E-state index contributed by atoms with van der Waals surface area (Å²) in [6.45, 7) is 1.98. The minimum Gasteiger partial charge on any atom is -0.364 e. The number of primary amides is 1. The smallest absolute Gasteiger partial charge is 0.273 e. The number of hydrogen-bond acceptors (Lipinski definition) is 4. The van der Waals surface area contributed by atoms with Crippen molar-refractivity contribution >= 4 is 17.0 Å². The molecule has 0 radical (unpaired) electrons. The second-order valence-corrected chi connectivity index (χ2v) is 2.90. The Morgan fingerprint density at radius 2 is 2.36 bits per heavy atom. The molecule has 0 aliphatic rings. The van der Waals surface area contributed by atoms with Gasteiger partial charge < -0.3 is 10.3 Å². The van der Waals surface area contributed by atoms with Gasteiger partial charge in [0.1, 0.15) is 5.52 Å². The first-order valence-electron chi connectivity index (χ1n) is 4.27. The van der Waals surface area contributed by atoms with Gasteiger partial charge in [-0.1, -0.05) is 12.1 Å². The third kappa shape index (κ3) is 1.22. The molecule has 2 rings (SSSR count). The fourth-order valence-corrected chi connectivity index (χ4v) is 1.23. The monoisotopic (exact) mass is 191 g/mol. The van der Waals surface area contributed by atoms with Gasteiger partial charge in [-0.05, 0) is 18.6 Å². The number of rotatable bonds is 2. The first-order chi connectivity index (χ1) is 6.72. The fraction of sp³-hybridized carbons (Fsp3) is 0.222. The van der Waals surface area contributed by atoms with Crippen molar-refractivity contribution in [3.05, 3.63) is 23.5 Å². The molecule has 5 nitrogen and oxygen atoms in total. The van der Waals surface area contributed by atoms with Crippen molar-refractivity contribution in [2.75, 3.05) is 0 Å². The van der Waals surface area contributed by atoms with Crippen LogP contribution in [0.3, 0.4) is 0 Å². The van der Waals surface area contributed by atoms with Gasteiger partial charge in [0.15, 0.2) is 11.3 Å². The van der Waals surface area contributed by atoms with E-state index in [0.717, 1.165) is 12.1 Å². The number of carbonyl (C=O) groups is 1. The Morgan fingerprint density at radius 1 is 1.57 bits per heavy atom. The molecule has 0 aliphatic heterocycles. The molecule has 0 bridgehead atoms. The molecule has 0 saturated heterocycles. The van der Waals surface area contributed by atoms with Crippen LogP contribution in [-0.2, 0) is 6.42 Å². The van der Waals surface area contributed by atoms with Crippen molar-refractivity contribution in [3.63, 3.8) is 0 Å². The molecule has 0 spiro atoms. The van der Waals surface area contributed by atoms with Crippen molar-refractivity contribution in [1.82, 2.24) is 10.1 Å². The minimum atomic E-state index is -0.621. The lowest BCUT2D eigenvalue weighted by atomic mass is 10.2. The predicted octanol–water partition coefficient (Wildman–Crippen LogP) is 0.884. The Bertz CT molecular complexity index is 490. The number of amides is 1. The molecule has 0 atom stereocenters. The highest BCUT2D eigenvalue weighted by Gasteiger charge is 2.14. The number of pyridine rings is 1. The molecule has 0 aromatic carbocycles. The average molecular weight is 191 g/mol. The summed E-state index contributed by atoms with van der Waals surface area (Å²) in [5.74, 6) is -0.621. The second kappa shape index (κ2) is 3.10. The number of hydrogen-bond donors (Lipinski definition) is 1. The zero-order valence-electron chi connectivity index (χ0n) is 7.65. The summed E-state index contributed by atoms with van der Waals surface area (Å²) in [5, 5.41) is 3.56. The van der Waals surface area contributed by atoms with Gasteiger partial charge in [-0.25, -0.2) is 4.98 Å². The van der Waals surface area contributed by atoms with E-state index in [2.05, 4.69) is 10.1 Å². The molecular weight excluding hydrogens is 182 g/mol. The van der Waals surface area contributed by atoms with Crippen LogP contribution in [0.1, 0.15) is 23.1 Å². The second-order valence-electron chi connectivity index (χ2n) is 2.90. The number of aromatic nitrogens is 2. The normalized spacial score (nSPS) is 10.6. The van der Waals surface area contributed by atoms with Crippen LogP contribution < -0.4 is 5.73 Å². The number of nitrogens with two attached hydrogens (primary N) is 1. The molecule has 0 saturated carbocycles. The van der Waals surface area contributed by atoms with E-state index >= 15 is 0 Å². The van der Waals surface area contributed by atoms with Gasteiger partial charge in [-0.2, -0.15) is 0 Å². The van der Waals surface area contributed by atoms with E-state index in [0.29, 0.717) is 11.1 Å². The highest BCUT2D eigenvalue weighted by molar-refractivity contribution is 6.01. The molecule has 1 amide bonds. The number of aryl methyl sites for hydroxylation is 1. The van der Waals surface area contributed by atoms with Gasteiger partial charge in [0, 0.05) is 5.69 Å². The number of nitrogens with zero attached hydrogens (tertiary/aromatic N) is 2. The van der Waals surface area contributed by atoms with Gasteiger partial charge in [-0.3, -0.25) is 4.79 Å². The van der Waals surface area contributed by atoms with Crippen molar-refractivity contribution < 1.29 is 9.32 Å². The first kappa shape index (κ1) is 8.68. The maximum atomic E-state index is 10.9. The quantitative estimate of drug-likeness (QED) is 0.763. The van der Waals surface area contributed by atoms with Gasteiger partial charge >= 0.3 is 0 Å². The van der Waals surface area contributed by atoms with E-state index in [-0.39, 0.29) is 5.69 Å². The Kier molecular flexibility index (Phi) is 1.92. The Hall–Kier alpha value is -1.91. The van der Waals surface area contributed by atoms with Crippen LogP contribution in [0.2, 0.25) is 0 Å². The van der Waals surface area contributed by atoms with Crippen LogP contribution in [0.4, 0.5) is 0 Å². The lowest BCUT2D eigenvalue weighted by Crippen LogP contribution is -2.12. The van der Waals surface area contributed by atoms with Crippen molar-refractivity contribution in [2.24, 2.45) is 5.73 Å². The SMILES string of the molecule is CCc1ccc2onc(C(N)=O)c2n1. The van der Waals surface area contributed by atoms with Gasteiger partial charge in [0.25, 0.3) is 5.91 Å². The molecule has 2 heterocycles. The molecular formula is C9H9N3O2. The van der Waals surface area contributed by atoms with E-state index in [4.69, 9.17) is 10.3 Å². The average Bonchev–Trinajstić information content (AvgIpc) is 2.59. The van der Waals surface area contributed by atoms with Gasteiger partial charge in [0.2, 0.25) is 0 Å². The van der Waals surface area contributed by atoms with E-state index in [1.54, 1.807) is 6.07 Å². The summed E-state index contributed by atoms with van der Waals surface area (Å²) in [6, 6.07) is 3.57.